The molecule has 1 saturated heterocycles. The first-order valence-electron chi connectivity index (χ1n) is 11.7. The molecule has 0 aromatic heterocycles. The van der Waals surface area contributed by atoms with Crippen LogP contribution in [0.1, 0.15) is 42.7 Å². The summed E-state index contributed by atoms with van der Waals surface area (Å²) in [6.07, 6.45) is 1.20. The van der Waals surface area contributed by atoms with E-state index in [1.54, 1.807) is 4.90 Å². The molecule has 2 aromatic rings. The van der Waals surface area contributed by atoms with Crippen LogP contribution in [0.15, 0.2) is 48.5 Å². The molecule has 0 spiro atoms. The van der Waals surface area contributed by atoms with Crippen LogP contribution in [0.25, 0.3) is 11.1 Å². The van der Waals surface area contributed by atoms with Gasteiger partial charge in [-0.15, -0.1) is 0 Å². The lowest BCUT2D eigenvalue weighted by atomic mass is 9.96. The van der Waals surface area contributed by atoms with Crippen LogP contribution in [0, 0.1) is 0 Å². The molecule has 1 aliphatic heterocycles. The summed E-state index contributed by atoms with van der Waals surface area (Å²) in [5.74, 6) is -1.33. The minimum atomic E-state index is -1.23. The number of carboxylic acids is 1. The van der Waals surface area contributed by atoms with E-state index in [0.29, 0.717) is 13.0 Å². The van der Waals surface area contributed by atoms with Crippen molar-refractivity contribution in [3.8, 4) is 11.1 Å². The fourth-order valence-electron chi connectivity index (χ4n) is 5.04. The van der Waals surface area contributed by atoms with E-state index in [1.807, 2.05) is 36.4 Å². The van der Waals surface area contributed by atoms with E-state index < -0.39 is 17.6 Å². The number of alkyl carbamates (subject to hydrolysis) is 1. The zero-order valence-electron chi connectivity index (χ0n) is 18.9. The Bertz CT molecular complexity index is 1060. The molecule has 0 radical (unpaired) electrons. The molecule has 2 amide bonds. The third kappa shape index (κ3) is 4.25. The van der Waals surface area contributed by atoms with Crippen LogP contribution < -0.4 is 5.32 Å². The van der Waals surface area contributed by atoms with E-state index in [1.165, 1.54) is 0 Å². The molecule has 0 bridgehead atoms. The van der Waals surface area contributed by atoms with Crippen molar-refractivity contribution in [2.24, 2.45) is 0 Å². The van der Waals surface area contributed by atoms with Gasteiger partial charge in [-0.2, -0.15) is 0 Å². The number of nitrogens with zero attached hydrogens (tertiary/aromatic N) is 1. The molecule has 1 heterocycles. The summed E-state index contributed by atoms with van der Waals surface area (Å²) in [6.45, 7) is 0.655. The zero-order chi connectivity index (χ0) is 23.7. The maximum Gasteiger partial charge on any atom is 0.408 e. The maximum absolute atomic E-state index is 13.5. The smallest absolute Gasteiger partial charge is 0.408 e. The molecular formula is C26H28N2O6. The second kappa shape index (κ2) is 9.10. The van der Waals surface area contributed by atoms with Gasteiger partial charge in [-0.05, 0) is 35.1 Å². The van der Waals surface area contributed by atoms with Crippen molar-refractivity contribution < 1.29 is 29.0 Å². The lowest BCUT2D eigenvalue weighted by Gasteiger charge is -2.33. The van der Waals surface area contributed by atoms with E-state index in [4.69, 9.17) is 14.6 Å². The second-order valence-corrected chi connectivity index (χ2v) is 9.21. The Labute approximate surface area is 197 Å². The molecule has 2 fully saturated rings. The number of amides is 2. The van der Waals surface area contributed by atoms with Crippen molar-refractivity contribution in [3.05, 3.63) is 59.7 Å². The van der Waals surface area contributed by atoms with Crippen molar-refractivity contribution >= 4 is 18.0 Å². The van der Waals surface area contributed by atoms with Gasteiger partial charge in [-0.3, -0.25) is 9.59 Å². The monoisotopic (exact) mass is 464 g/mol. The quantitative estimate of drug-likeness (QED) is 0.622. The van der Waals surface area contributed by atoms with Gasteiger partial charge in [0.1, 0.15) is 12.1 Å². The predicted molar refractivity (Wildman–Crippen MR) is 123 cm³/mol. The Morgan fingerprint density at radius 3 is 2.26 bits per heavy atom. The normalized spacial score (nSPS) is 20.9. The molecule has 8 nitrogen and oxygen atoms in total. The Kier molecular flexibility index (Phi) is 6.00. The fraction of sp³-hybridized carbons (Fsp3) is 0.423. The highest BCUT2D eigenvalue weighted by Crippen LogP contribution is 2.44. The number of aliphatic carboxylic acids is 1. The van der Waals surface area contributed by atoms with Gasteiger partial charge in [0.15, 0.2) is 0 Å². The Morgan fingerprint density at radius 2 is 1.71 bits per heavy atom. The first-order chi connectivity index (χ1) is 16.5. The summed E-state index contributed by atoms with van der Waals surface area (Å²) in [7, 11) is 0. The highest BCUT2D eigenvalue weighted by atomic mass is 16.6. The minimum Gasteiger partial charge on any atom is -0.481 e. The molecular weight excluding hydrogens is 436 g/mol. The predicted octanol–water partition coefficient (Wildman–Crippen LogP) is 3.15. The lowest BCUT2D eigenvalue weighted by Crippen LogP contribution is -2.61. The molecule has 1 unspecified atom stereocenters. The number of hydrogen-bond donors (Lipinski definition) is 2. The minimum absolute atomic E-state index is 0.0219. The van der Waals surface area contributed by atoms with E-state index in [0.717, 1.165) is 35.1 Å². The molecule has 178 valence electrons. The summed E-state index contributed by atoms with van der Waals surface area (Å²) in [4.78, 5) is 39.0. The van der Waals surface area contributed by atoms with Gasteiger partial charge in [-0.1, -0.05) is 48.5 Å². The number of carboxylic acid groups (broad SMARTS) is 1. The number of ether oxygens (including phenoxy) is 2. The topological polar surface area (TPSA) is 105 Å². The van der Waals surface area contributed by atoms with Crippen LogP contribution in [0.2, 0.25) is 0 Å². The summed E-state index contributed by atoms with van der Waals surface area (Å²) < 4.78 is 11.2. The second-order valence-electron chi connectivity index (χ2n) is 9.21. The van der Waals surface area contributed by atoms with Gasteiger partial charge in [-0.25, -0.2) is 4.79 Å². The highest BCUT2D eigenvalue weighted by molar-refractivity contribution is 5.91. The van der Waals surface area contributed by atoms with Crippen LogP contribution in [-0.2, 0) is 19.1 Å². The molecule has 2 aliphatic carbocycles. The number of carbonyl (C=O) groups is 3. The van der Waals surface area contributed by atoms with Crippen LogP contribution in [0.3, 0.4) is 0 Å². The number of benzene rings is 2. The SMILES string of the molecule is O=C(O)CCN(C(=O)C1(NC(=O)OCC2c3ccccc3-c3ccccc32)CCOC1)C1CC1. The highest BCUT2D eigenvalue weighted by Gasteiger charge is 2.49. The number of hydrogen-bond acceptors (Lipinski definition) is 5. The number of rotatable bonds is 8. The standard InChI is InChI=1S/C26H28N2O6/c29-23(30)11-13-28(17-9-10-17)24(31)26(12-14-33-16-26)27-25(32)34-15-22-20-7-3-1-5-18(20)19-6-2-4-8-21(19)22/h1-8,17,22H,9-16H2,(H,27,32)(H,29,30). The van der Waals surface area contributed by atoms with Gasteiger partial charge in [0.25, 0.3) is 5.91 Å². The average Bonchev–Trinajstić information content (AvgIpc) is 3.47. The van der Waals surface area contributed by atoms with E-state index in [9.17, 15) is 14.4 Å². The van der Waals surface area contributed by atoms with Crippen molar-refractivity contribution in [3.63, 3.8) is 0 Å². The number of fused-ring (bicyclic) bond motifs is 3. The Hall–Kier alpha value is -3.39. The van der Waals surface area contributed by atoms with Crippen molar-refractivity contribution in [2.45, 2.75) is 43.2 Å². The van der Waals surface area contributed by atoms with Gasteiger partial charge >= 0.3 is 12.1 Å². The van der Waals surface area contributed by atoms with Crippen LogP contribution in [0.4, 0.5) is 4.79 Å². The largest absolute Gasteiger partial charge is 0.481 e. The van der Waals surface area contributed by atoms with Crippen LogP contribution >= 0.6 is 0 Å². The first kappa shape index (κ1) is 22.4. The van der Waals surface area contributed by atoms with Crippen LogP contribution in [0.5, 0.6) is 0 Å². The van der Waals surface area contributed by atoms with Crippen molar-refractivity contribution in [1.29, 1.82) is 0 Å². The van der Waals surface area contributed by atoms with Crippen molar-refractivity contribution in [2.75, 3.05) is 26.4 Å². The maximum atomic E-state index is 13.5. The molecule has 5 rings (SSSR count). The Morgan fingerprint density at radius 1 is 1.06 bits per heavy atom. The average molecular weight is 465 g/mol. The van der Waals surface area contributed by atoms with Crippen LogP contribution in [-0.4, -0.2) is 65.9 Å². The molecule has 34 heavy (non-hydrogen) atoms. The van der Waals surface area contributed by atoms with Crippen molar-refractivity contribution in [1.82, 2.24) is 10.2 Å². The van der Waals surface area contributed by atoms with Gasteiger partial charge in [0.2, 0.25) is 0 Å². The van der Waals surface area contributed by atoms with Gasteiger partial charge in [0, 0.05) is 31.5 Å². The van der Waals surface area contributed by atoms with Gasteiger partial charge in [0.05, 0.1) is 13.0 Å². The summed E-state index contributed by atoms with van der Waals surface area (Å²) in [6, 6.07) is 16.2. The molecule has 1 atom stereocenters. The molecule has 8 heteroatoms. The van der Waals surface area contributed by atoms with E-state index >= 15 is 0 Å². The molecule has 1 saturated carbocycles. The number of nitrogens with one attached hydrogen (secondary N) is 1. The number of carbonyl (C=O) groups excluding carboxylic acids is 2. The molecule has 3 aliphatic rings. The third-order valence-corrected chi connectivity index (χ3v) is 6.93. The van der Waals surface area contributed by atoms with Gasteiger partial charge < -0.3 is 24.8 Å². The fourth-order valence-corrected chi connectivity index (χ4v) is 5.04. The summed E-state index contributed by atoms with van der Waals surface area (Å²) in [5, 5.41) is 11.9. The third-order valence-electron chi connectivity index (χ3n) is 6.93. The summed E-state index contributed by atoms with van der Waals surface area (Å²) >= 11 is 0. The first-order valence-corrected chi connectivity index (χ1v) is 11.7. The lowest BCUT2D eigenvalue weighted by molar-refractivity contribution is -0.141. The zero-order valence-corrected chi connectivity index (χ0v) is 18.9. The Balaban J connectivity index is 1.28. The molecule has 2 aromatic carbocycles. The van der Waals surface area contributed by atoms with E-state index in [-0.39, 0.29) is 44.0 Å². The molecule has 2 N–H and O–H groups in total. The van der Waals surface area contributed by atoms with E-state index in [2.05, 4.69) is 17.4 Å². The summed E-state index contributed by atoms with van der Waals surface area (Å²) in [5.41, 5.74) is 3.27.